The molecule has 0 aliphatic rings. The molecular formula is C12H14BrN3OS. The predicted molar refractivity (Wildman–Crippen MR) is 77.2 cm³/mol. The van der Waals surface area contributed by atoms with E-state index in [4.69, 9.17) is 17.0 Å². The van der Waals surface area contributed by atoms with Crippen molar-refractivity contribution >= 4 is 28.1 Å². The fourth-order valence-corrected chi connectivity index (χ4v) is 2.18. The Bertz CT molecular complexity index is 606. The van der Waals surface area contributed by atoms with Gasteiger partial charge in [-0.2, -0.15) is 5.10 Å². The van der Waals surface area contributed by atoms with Gasteiger partial charge >= 0.3 is 0 Å². The number of hydrogen-bond donors (Lipinski definition) is 1. The second-order valence-electron chi connectivity index (χ2n) is 3.96. The van der Waals surface area contributed by atoms with Crippen molar-refractivity contribution in [3.63, 3.8) is 0 Å². The fraction of sp³-hybridized carbons (Fsp3) is 0.333. The molecule has 2 rings (SSSR count). The lowest BCUT2D eigenvalue weighted by molar-refractivity contribution is 0.187. The summed E-state index contributed by atoms with van der Waals surface area (Å²) in [5, 5.41) is 7.11. The van der Waals surface area contributed by atoms with Gasteiger partial charge in [-0.3, -0.25) is 9.67 Å². The zero-order chi connectivity index (χ0) is 13.1. The molecule has 0 unspecified atom stereocenters. The number of nitrogens with zero attached hydrogens (tertiary/aromatic N) is 2. The van der Waals surface area contributed by atoms with E-state index in [9.17, 15) is 0 Å². The van der Waals surface area contributed by atoms with Crippen LogP contribution in [0, 0.1) is 11.7 Å². The number of benzene rings is 1. The van der Waals surface area contributed by atoms with Crippen LogP contribution >= 0.6 is 28.1 Å². The smallest absolute Gasteiger partial charge is 0.195 e. The molecule has 18 heavy (non-hydrogen) atoms. The van der Waals surface area contributed by atoms with Gasteiger partial charge in [0.25, 0.3) is 0 Å². The number of rotatable bonds is 4. The fourth-order valence-electron chi connectivity index (χ4n) is 1.71. The Morgan fingerprint density at radius 3 is 2.94 bits per heavy atom. The summed E-state index contributed by atoms with van der Waals surface area (Å²) in [6.45, 7) is 3.35. The summed E-state index contributed by atoms with van der Waals surface area (Å²) in [4.78, 5) is 0. The van der Waals surface area contributed by atoms with Gasteiger partial charge in [-0.1, -0.05) is 22.0 Å². The molecule has 1 N–H and O–H groups in total. The first-order valence-corrected chi connectivity index (χ1v) is 6.74. The van der Waals surface area contributed by atoms with Crippen LogP contribution in [0.5, 0.6) is 0 Å². The normalized spacial score (nSPS) is 10.8. The Balaban J connectivity index is 2.43. The van der Waals surface area contributed by atoms with E-state index < -0.39 is 0 Å². The van der Waals surface area contributed by atoms with Crippen LogP contribution in [-0.2, 0) is 11.3 Å². The first kappa shape index (κ1) is 13.5. The van der Waals surface area contributed by atoms with E-state index in [0.29, 0.717) is 17.9 Å². The number of halogens is 1. The van der Waals surface area contributed by atoms with Crippen molar-refractivity contribution in [2.75, 3.05) is 13.7 Å². The van der Waals surface area contributed by atoms with Crippen LogP contribution in [-0.4, -0.2) is 28.5 Å². The van der Waals surface area contributed by atoms with Crippen molar-refractivity contribution in [2.45, 2.75) is 13.5 Å². The number of nitrogens with one attached hydrogen (secondary N) is 1. The van der Waals surface area contributed by atoms with Gasteiger partial charge in [-0.05, 0) is 36.8 Å². The summed E-state index contributed by atoms with van der Waals surface area (Å²) in [5.41, 5.74) is 2.21. The predicted octanol–water partition coefficient (Wildman–Crippen LogP) is 3.33. The van der Waals surface area contributed by atoms with Gasteiger partial charge in [0.2, 0.25) is 0 Å². The molecule has 1 aromatic heterocycles. The van der Waals surface area contributed by atoms with Crippen LogP contribution < -0.4 is 0 Å². The first-order valence-electron chi connectivity index (χ1n) is 5.54. The summed E-state index contributed by atoms with van der Waals surface area (Å²) >= 11 is 8.72. The molecule has 6 heteroatoms. The number of H-pyrrole nitrogens is 1. The highest BCUT2D eigenvalue weighted by atomic mass is 79.9. The van der Waals surface area contributed by atoms with Gasteiger partial charge in [0.15, 0.2) is 10.6 Å². The van der Waals surface area contributed by atoms with Crippen molar-refractivity contribution < 1.29 is 4.74 Å². The largest absolute Gasteiger partial charge is 0.383 e. The minimum atomic E-state index is 0.607. The number of hydrogen-bond acceptors (Lipinski definition) is 3. The summed E-state index contributed by atoms with van der Waals surface area (Å²) in [6.07, 6.45) is 0. The van der Waals surface area contributed by atoms with E-state index >= 15 is 0 Å². The van der Waals surface area contributed by atoms with Gasteiger partial charge in [0.1, 0.15) is 0 Å². The third-order valence-electron chi connectivity index (χ3n) is 2.69. The Morgan fingerprint density at radius 2 is 2.28 bits per heavy atom. The maximum Gasteiger partial charge on any atom is 0.195 e. The third kappa shape index (κ3) is 2.71. The highest BCUT2D eigenvalue weighted by molar-refractivity contribution is 9.10. The van der Waals surface area contributed by atoms with Crippen molar-refractivity contribution in [3.05, 3.63) is 33.0 Å². The Hall–Kier alpha value is -0.980. The van der Waals surface area contributed by atoms with Gasteiger partial charge in [-0.15, -0.1) is 0 Å². The van der Waals surface area contributed by atoms with E-state index in [2.05, 4.69) is 32.2 Å². The van der Waals surface area contributed by atoms with Gasteiger partial charge < -0.3 is 4.74 Å². The monoisotopic (exact) mass is 327 g/mol. The molecule has 0 radical (unpaired) electrons. The molecular weight excluding hydrogens is 314 g/mol. The lowest BCUT2D eigenvalue weighted by Crippen LogP contribution is -2.06. The Labute approximate surface area is 119 Å². The molecule has 0 amide bonds. The van der Waals surface area contributed by atoms with Gasteiger partial charge in [-0.25, -0.2) is 0 Å². The van der Waals surface area contributed by atoms with Crippen molar-refractivity contribution in [2.24, 2.45) is 0 Å². The second-order valence-corrected chi connectivity index (χ2v) is 5.20. The summed E-state index contributed by atoms with van der Waals surface area (Å²) in [7, 11) is 1.67. The molecule has 0 atom stereocenters. The molecule has 0 aliphatic heterocycles. The van der Waals surface area contributed by atoms with Gasteiger partial charge in [0, 0.05) is 17.1 Å². The molecule has 96 valence electrons. The number of aromatic amines is 1. The topological polar surface area (TPSA) is 42.8 Å². The molecule has 1 heterocycles. The molecule has 0 bridgehead atoms. The van der Waals surface area contributed by atoms with Crippen LogP contribution in [0.3, 0.4) is 0 Å². The maximum absolute atomic E-state index is 5.22. The SMILES string of the molecule is COCCn1c(-c2ccc(Br)c(C)c2)n[nH]c1=S. The number of aryl methyl sites for hydroxylation is 1. The molecule has 0 saturated heterocycles. The highest BCUT2D eigenvalue weighted by Gasteiger charge is 2.09. The summed E-state index contributed by atoms with van der Waals surface area (Å²) in [5.74, 6) is 0.840. The lowest BCUT2D eigenvalue weighted by Gasteiger charge is -2.07. The van der Waals surface area contributed by atoms with E-state index in [1.54, 1.807) is 7.11 Å². The van der Waals surface area contributed by atoms with Crippen LogP contribution in [0.2, 0.25) is 0 Å². The van der Waals surface area contributed by atoms with E-state index in [-0.39, 0.29) is 0 Å². The second kappa shape index (κ2) is 5.77. The first-order chi connectivity index (χ1) is 8.63. The van der Waals surface area contributed by atoms with Crippen LogP contribution in [0.25, 0.3) is 11.4 Å². The van der Waals surface area contributed by atoms with Crippen LogP contribution in [0.15, 0.2) is 22.7 Å². The molecule has 0 fully saturated rings. The lowest BCUT2D eigenvalue weighted by atomic mass is 10.1. The standard InChI is InChI=1S/C12H14BrN3OS/c1-8-7-9(3-4-10(8)13)11-14-15-12(18)16(11)5-6-17-2/h3-4,7H,5-6H2,1-2H3,(H,15,18). The highest BCUT2D eigenvalue weighted by Crippen LogP contribution is 2.23. The number of methoxy groups -OCH3 is 1. The Kier molecular flexibility index (Phi) is 4.31. The van der Waals surface area contributed by atoms with Gasteiger partial charge in [0.05, 0.1) is 13.2 Å². The van der Waals surface area contributed by atoms with Crippen LogP contribution in [0.1, 0.15) is 5.56 Å². The molecule has 4 nitrogen and oxygen atoms in total. The van der Waals surface area contributed by atoms with Crippen molar-refractivity contribution in [1.82, 2.24) is 14.8 Å². The van der Waals surface area contributed by atoms with E-state index in [0.717, 1.165) is 15.9 Å². The summed E-state index contributed by atoms with van der Waals surface area (Å²) in [6, 6.07) is 6.12. The van der Waals surface area contributed by atoms with Crippen molar-refractivity contribution in [1.29, 1.82) is 0 Å². The zero-order valence-electron chi connectivity index (χ0n) is 10.2. The molecule has 2 aromatic rings. The Morgan fingerprint density at radius 1 is 1.50 bits per heavy atom. The molecule has 1 aromatic carbocycles. The number of ether oxygens (including phenoxy) is 1. The third-order valence-corrected chi connectivity index (χ3v) is 3.89. The maximum atomic E-state index is 5.22. The number of aromatic nitrogens is 3. The zero-order valence-corrected chi connectivity index (χ0v) is 12.6. The molecule has 0 spiro atoms. The average Bonchev–Trinajstić information content (AvgIpc) is 2.72. The average molecular weight is 328 g/mol. The molecule has 0 aliphatic carbocycles. The minimum absolute atomic E-state index is 0.607. The minimum Gasteiger partial charge on any atom is -0.383 e. The quantitative estimate of drug-likeness (QED) is 0.876. The van der Waals surface area contributed by atoms with E-state index in [1.165, 1.54) is 5.56 Å². The summed E-state index contributed by atoms with van der Waals surface area (Å²) < 4.78 is 8.73. The van der Waals surface area contributed by atoms with E-state index in [1.807, 2.05) is 23.6 Å². The van der Waals surface area contributed by atoms with Crippen molar-refractivity contribution in [3.8, 4) is 11.4 Å². The molecule has 0 saturated carbocycles. The van der Waals surface area contributed by atoms with Crippen LogP contribution in [0.4, 0.5) is 0 Å².